The number of rotatable bonds is 2. The van der Waals surface area contributed by atoms with Gasteiger partial charge in [0.1, 0.15) is 0 Å². The Labute approximate surface area is 118 Å². The Kier molecular flexibility index (Phi) is 3.44. The molecule has 0 spiro atoms. The summed E-state index contributed by atoms with van der Waals surface area (Å²) in [5, 5.41) is 1.06. The number of allylic oxidation sites excluding steroid dienone is 2. The van der Waals surface area contributed by atoms with Crippen LogP contribution < -0.4 is 0 Å². The van der Waals surface area contributed by atoms with Crippen LogP contribution >= 0.6 is 11.3 Å². The first kappa shape index (κ1) is 12.9. The third-order valence-electron chi connectivity index (χ3n) is 4.29. The molecular weight excluding hydrogens is 256 g/mol. The molecule has 1 amide bonds. The molecule has 1 aromatic heterocycles. The summed E-state index contributed by atoms with van der Waals surface area (Å²) in [5.41, 5.74) is 0.973. The zero-order valence-corrected chi connectivity index (χ0v) is 12.4. The van der Waals surface area contributed by atoms with Gasteiger partial charge < -0.3 is 4.90 Å². The average Bonchev–Trinajstić information content (AvgIpc) is 2.93. The molecule has 0 radical (unpaired) electrons. The Hall–Kier alpha value is -1.16. The van der Waals surface area contributed by atoms with Gasteiger partial charge in [0.2, 0.25) is 5.91 Å². The highest BCUT2D eigenvalue weighted by molar-refractivity contribution is 7.11. The molecule has 1 aliphatic heterocycles. The number of aryl methyl sites for hydroxylation is 2. The largest absolute Gasteiger partial charge is 0.342 e. The molecule has 1 aromatic rings. The molecule has 19 heavy (non-hydrogen) atoms. The van der Waals surface area contributed by atoms with Gasteiger partial charge in [0.25, 0.3) is 0 Å². The van der Waals surface area contributed by atoms with Crippen LogP contribution in [0.3, 0.4) is 0 Å². The van der Waals surface area contributed by atoms with Crippen molar-refractivity contribution in [3.8, 4) is 0 Å². The molecule has 0 N–H and O–H groups in total. The summed E-state index contributed by atoms with van der Waals surface area (Å²) in [7, 11) is 0. The van der Waals surface area contributed by atoms with E-state index in [9.17, 15) is 4.79 Å². The van der Waals surface area contributed by atoms with Gasteiger partial charge in [-0.15, -0.1) is 11.3 Å². The molecular formula is C15H20N2OS. The molecule has 0 bridgehead atoms. The smallest absolute Gasteiger partial charge is 0.228 e. The predicted octanol–water partition coefficient (Wildman–Crippen LogP) is 2.73. The van der Waals surface area contributed by atoms with Crippen LogP contribution in [0.5, 0.6) is 0 Å². The maximum Gasteiger partial charge on any atom is 0.228 e. The molecule has 1 saturated heterocycles. The van der Waals surface area contributed by atoms with E-state index < -0.39 is 0 Å². The molecule has 3 nitrogen and oxygen atoms in total. The molecule has 0 saturated carbocycles. The lowest BCUT2D eigenvalue weighted by atomic mass is 9.86. The van der Waals surface area contributed by atoms with Crippen LogP contribution in [0.1, 0.15) is 28.4 Å². The monoisotopic (exact) mass is 276 g/mol. The Morgan fingerprint density at radius 3 is 2.47 bits per heavy atom. The fraction of sp³-hybridized carbons (Fsp3) is 0.600. The second-order valence-corrected chi connectivity index (χ2v) is 7.08. The third kappa shape index (κ3) is 2.59. The van der Waals surface area contributed by atoms with Gasteiger partial charge in [-0.25, -0.2) is 4.98 Å². The number of hydrogen-bond donors (Lipinski definition) is 0. The summed E-state index contributed by atoms with van der Waals surface area (Å²) in [6.07, 6.45) is 7.29. The number of hydrogen-bond acceptors (Lipinski definition) is 3. The second kappa shape index (κ2) is 5.08. The van der Waals surface area contributed by atoms with E-state index in [1.807, 2.05) is 6.92 Å². The summed E-state index contributed by atoms with van der Waals surface area (Å²) in [6, 6.07) is 0. The number of carbonyl (C=O) groups is 1. The minimum absolute atomic E-state index is 0.253. The average molecular weight is 276 g/mol. The van der Waals surface area contributed by atoms with Gasteiger partial charge in [-0.3, -0.25) is 4.79 Å². The van der Waals surface area contributed by atoms with E-state index in [2.05, 4.69) is 29.0 Å². The number of likely N-dealkylation sites (tertiary alicyclic amines) is 1. The van der Waals surface area contributed by atoms with Crippen molar-refractivity contribution in [3.63, 3.8) is 0 Å². The quantitative estimate of drug-likeness (QED) is 0.778. The van der Waals surface area contributed by atoms with Crippen molar-refractivity contribution < 1.29 is 4.79 Å². The summed E-state index contributed by atoms with van der Waals surface area (Å²) in [6.45, 7) is 5.94. The van der Waals surface area contributed by atoms with Gasteiger partial charge in [-0.05, 0) is 38.5 Å². The molecule has 2 aliphatic rings. The number of amides is 1. The minimum Gasteiger partial charge on any atom is -0.342 e. The minimum atomic E-state index is 0.253. The number of fused-ring (bicyclic) bond motifs is 1. The van der Waals surface area contributed by atoms with E-state index in [1.54, 1.807) is 11.3 Å². The van der Waals surface area contributed by atoms with E-state index >= 15 is 0 Å². The predicted molar refractivity (Wildman–Crippen MR) is 77.2 cm³/mol. The summed E-state index contributed by atoms with van der Waals surface area (Å²) in [5.74, 6) is 1.63. The molecule has 1 aliphatic carbocycles. The first-order valence-electron chi connectivity index (χ1n) is 6.99. The van der Waals surface area contributed by atoms with Crippen LogP contribution in [-0.4, -0.2) is 28.9 Å². The first-order chi connectivity index (χ1) is 9.13. The van der Waals surface area contributed by atoms with Crippen LogP contribution in [0.2, 0.25) is 0 Å². The summed E-state index contributed by atoms with van der Waals surface area (Å²) >= 11 is 1.68. The standard InChI is InChI=1S/C15H20N2OS/c1-10-14(16-11(2)19-10)7-15(18)17-8-12-5-3-4-6-13(12)9-17/h3-4,12-13H,5-9H2,1-2H3/t12-,13+. The molecule has 2 atom stereocenters. The van der Waals surface area contributed by atoms with E-state index in [0.29, 0.717) is 18.3 Å². The van der Waals surface area contributed by atoms with Gasteiger partial charge in [-0.2, -0.15) is 0 Å². The fourth-order valence-corrected chi connectivity index (χ4v) is 4.04. The second-order valence-electron chi connectivity index (χ2n) is 5.67. The summed E-state index contributed by atoms with van der Waals surface area (Å²) in [4.78, 5) is 20.1. The maximum atomic E-state index is 12.4. The fourth-order valence-electron chi connectivity index (χ4n) is 3.21. The Morgan fingerprint density at radius 1 is 1.32 bits per heavy atom. The Bertz CT molecular complexity index is 504. The lowest BCUT2D eigenvalue weighted by Gasteiger charge is -2.17. The van der Waals surface area contributed by atoms with Gasteiger partial charge >= 0.3 is 0 Å². The van der Waals surface area contributed by atoms with E-state index in [4.69, 9.17) is 0 Å². The van der Waals surface area contributed by atoms with Crippen molar-refractivity contribution in [2.24, 2.45) is 11.8 Å². The van der Waals surface area contributed by atoms with Crippen molar-refractivity contribution in [2.45, 2.75) is 33.1 Å². The van der Waals surface area contributed by atoms with Gasteiger partial charge in [0.15, 0.2) is 0 Å². The topological polar surface area (TPSA) is 33.2 Å². The van der Waals surface area contributed by atoms with Crippen molar-refractivity contribution in [1.82, 2.24) is 9.88 Å². The Balaban J connectivity index is 1.64. The van der Waals surface area contributed by atoms with Crippen LogP contribution in [-0.2, 0) is 11.2 Å². The normalized spacial score (nSPS) is 25.7. The van der Waals surface area contributed by atoms with Crippen LogP contribution in [0.4, 0.5) is 0 Å². The van der Waals surface area contributed by atoms with E-state index in [0.717, 1.165) is 36.6 Å². The zero-order valence-electron chi connectivity index (χ0n) is 11.6. The lowest BCUT2D eigenvalue weighted by molar-refractivity contribution is -0.129. The van der Waals surface area contributed by atoms with Crippen molar-refractivity contribution in [2.75, 3.05) is 13.1 Å². The van der Waals surface area contributed by atoms with E-state index in [1.165, 1.54) is 4.88 Å². The van der Waals surface area contributed by atoms with Gasteiger partial charge in [-0.1, -0.05) is 12.2 Å². The van der Waals surface area contributed by atoms with E-state index in [-0.39, 0.29) is 5.91 Å². The van der Waals surface area contributed by atoms with Gasteiger partial charge in [0.05, 0.1) is 17.1 Å². The molecule has 1 fully saturated rings. The molecule has 0 unspecified atom stereocenters. The number of thiazole rings is 1. The highest BCUT2D eigenvalue weighted by Crippen LogP contribution is 2.33. The third-order valence-corrected chi connectivity index (χ3v) is 5.22. The molecule has 102 valence electrons. The van der Waals surface area contributed by atoms with Crippen molar-refractivity contribution in [1.29, 1.82) is 0 Å². The van der Waals surface area contributed by atoms with Gasteiger partial charge in [0, 0.05) is 18.0 Å². The lowest BCUT2D eigenvalue weighted by Crippen LogP contribution is -2.30. The number of carbonyl (C=O) groups excluding carboxylic acids is 1. The molecule has 4 heteroatoms. The van der Waals surface area contributed by atoms with Crippen molar-refractivity contribution in [3.05, 3.63) is 27.7 Å². The van der Waals surface area contributed by atoms with Crippen LogP contribution in [0.15, 0.2) is 12.2 Å². The first-order valence-corrected chi connectivity index (χ1v) is 7.81. The SMILES string of the molecule is Cc1nc(CC(=O)N2C[C@H]3CC=CC[C@H]3C2)c(C)s1. The Morgan fingerprint density at radius 2 is 1.95 bits per heavy atom. The molecule has 3 rings (SSSR count). The maximum absolute atomic E-state index is 12.4. The number of aromatic nitrogens is 1. The highest BCUT2D eigenvalue weighted by Gasteiger charge is 2.35. The van der Waals surface area contributed by atoms with Crippen LogP contribution in [0, 0.1) is 25.7 Å². The van der Waals surface area contributed by atoms with Crippen molar-refractivity contribution >= 4 is 17.2 Å². The van der Waals surface area contributed by atoms with Crippen LogP contribution in [0.25, 0.3) is 0 Å². The molecule has 2 heterocycles. The summed E-state index contributed by atoms with van der Waals surface area (Å²) < 4.78 is 0. The highest BCUT2D eigenvalue weighted by atomic mass is 32.1. The molecule has 0 aromatic carbocycles. The number of nitrogens with zero attached hydrogens (tertiary/aromatic N) is 2. The zero-order chi connectivity index (χ0) is 13.4.